The van der Waals surface area contributed by atoms with Crippen LogP contribution in [0.25, 0.3) is 0 Å². The van der Waals surface area contributed by atoms with Crippen LogP contribution in [0.5, 0.6) is 0 Å². The minimum atomic E-state index is -3.55. The zero-order valence-corrected chi connectivity index (χ0v) is 22.5. The Morgan fingerprint density at radius 3 is 1.58 bits per heavy atom. The molecule has 0 amide bonds. The van der Waals surface area contributed by atoms with Crippen molar-refractivity contribution in [3.8, 4) is 0 Å². The van der Waals surface area contributed by atoms with Gasteiger partial charge in [0.1, 0.15) is 0 Å². The van der Waals surface area contributed by atoms with Crippen molar-refractivity contribution < 1.29 is 18.5 Å². The molecule has 0 aliphatic rings. The zero-order chi connectivity index (χ0) is 23.4. The van der Waals surface area contributed by atoms with E-state index in [2.05, 4.69) is 19.1 Å². The summed E-state index contributed by atoms with van der Waals surface area (Å²) in [5, 5.41) is 0. The second-order valence-electron chi connectivity index (χ2n) is 10.0. The van der Waals surface area contributed by atoms with Gasteiger partial charge in [-0.25, -0.2) is 0 Å². The predicted molar refractivity (Wildman–Crippen MR) is 137 cm³/mol. The molecule has 0 spiro atoms. The van der Waals surface area contributed by atoms with Crippen molar-refractivity contribution in [2.45, 2.75) is 129 Å². The minimum Gasteiger partial charge on any atom is -0.320 e. The highest BCUT2D eigenvalue weighted by atomic mass is 31.2. The fourth-order valence-corrected chi connectivity index (χ4v) is 6.10. The molecule has 186 valence electrons. The van der Waals surface area contributed by atoms with E-state index >= 15 is 0 Å². The normalized spacial score (nSPS) is 15.4. The second kappa shape index (κ2) is 19.3. The summed E-state index contributed by atoms with van der Waals surface area (Å²) in [6.45, 7) is 4.62. The van der Waals surface area contributed by atoms with Crippen LogP contribution in [0.4, 0.5) is 0 Å². The summed E-state index contributed by atoms with van der Waals surface area (Å²) in [5.41, 5.74) is 0. The van der Waals surface area contributed by atoms with Gasteiger partial charge in [-0.2, -0.15) is 0 Å². The number of hydrogen-bond donors (Lipinski definition) is 1. The van der Waals surface area contributed by atoms with Crippen LogP contribution >= 0.6 is 7.60 Å². The van der Waals surface area contributed by atoms with E-state index in [-0.39, 0.29) is 5.78 Å². The Labute approximate surface area is 195 Å². The molecule has 5 heteroatoms. The molecule has 2 unspecified atom stereocenters. The molecule has 0 aliphatic carbocycles. The number of rotatable bonds is 22. The van der Waals surface area contributed by atoms with E-state index in [9.17, 15) is 9.46 Å². The zero-order valence-electron chi connectivity index (χ0n) is 21.6. The van der Waals surface area contributed by atoms with Crippen molar-refractivity contribution in [1.29, 1.82) is 0 Å². The second-order valence-corrected chi connectivity index (χ2v) is 12.0. The van der Waals surface area contributed by atoms with Gasteiger partial charge in [-0.15, -0.1) is 0 Å². The first-order valence-electron chi connectivity index (χ1n) is 13.2. The molecule has 0 heterocycles. The van der Waals surface area contributed by atoms with E-state index in [1.165, 1.54) is 89.9 Å². The molecule has 1 N–H and O–H groups in total. The van der Waals surface area contributed by atoms with Crippen molar-refractivity contribution in [2.75, 3.05) is 27.7 Å². The van der Waals surface area contributed by atoms with Crippen LogP contribution in [-0.2, 0) is 9.09 Å². The molecule has 0 saturated carbocycles. The molecule has 0 aromatic rings. The van der Waals surface area contributed by atoms with Gasteiger partial charge in [-0.3, -0.25) is 4.57 Å². The molecule has 0 aliphatic heterocycles. The van der Waals surface area contributed by atoms with Gasteiger partial charge < -0.3 is 13.9 Å². The lowest BCUT2D eigenvalue weighted by Crippen LogP contribution is -2.44. The van der Waals surface area contributed by atoms with Crippen molar-refractivity contribution >= 4 is 7.60 Å². The molecule has 0 aromatic carbocycles. The molecule has 4 nitrogen and oxygen atoms in total. The molecule has 31 heavy (non-hydrogen) atoms. The lowest BCUT2D eigenvalue weighted by atomic mass is 10.1. The smallest absolute Gasteiger partial charge is 0.320 e. The van der Waals surface area contributed by atoms with Gasteiger partial charge >= 0.3 is 7.60 Å². The SMILES string of the molecule is CCCCCCCCCCC=CCCCCCCCCOP(=O)(O)C(CC)[N+](C)(C)C. The third kappa shape index (κ3) is 18.0. The first kappa shape index (κ1) is 30.9. The highest BCUT2D eigenvalue weighted by Crippen LogP contribution is 2.51. The molecule has 0 radical (unpaired) electrons. The van der Waals surface area contributed by atoms with Crippen LogP contribution < -0.4 is 0 Å². The van der Waals surface area contributed by atoms with Crippen molar-refractivity contribution in [3.63, 3.8) is 0 Å². The summed E-state index contributed by atoms with van der Waals surface area (Å²) in [7, 11) is 2.30. The van der Waals surface area contributed by atoms with Gasteiger partial charge in [-0.05, 0) is 32.1 Å². The Morgan fingerprint density at radius 2 is 1.16 bits per heavy atom. The van der Waals surface area contributed by atoms with Crippen LogP contribution in [-0.4, -0.2) is 42.9 Å². The van der Waals surface area contributed by atoms with Crippen LogP contribution in [0, 0.1) is 0 Å². The van der Waals surface area contributed by atoms with Crippen molar-refractivity contribution in [1.82, 2.24) is 0 Å². The maximum absolute atomic E-state index is 12.5. The highest BCUT2D eigenvalue weighted by Gasteiger charge is 2.41. The molecule has 0 aromatic heterocycles. The summed E-state index contributed by atoms with van der Waals surface area (Å²) < 4.78 is 18.4. The average Bonchev–Trinajstić information content (AvgIpc) is 2.68. The third-order valence-electron chi connectivity index (χ3n) is 6.07. The third-order valence-corrected chi connectivity index (χ3v) is 8.43. The van der Waals surface area contributed by atoms with Gasteiger partial charge in [0.25, 0.3) is 0 Å². The fourth-order valence-electron chi connectivity index (χ4n) is 4.20. The number of quaternary nitrogens is 1. The summed E-state index contributed by atoms with van der Waals surface area (Å²) in [6, 6.07) is 0. The van der Waals surface area contributed by atoms with E-state index in [1.54, 1.807) is 0 Å². The highest BCUT2D eigenvalue weighted by molar-refractivity contribution is 7.53. The van der Waals surface area contributed by atoms with Gasteiger partial charge in [-0.1, -0.05) is 96.6 Å². The average molecular weight is 461 g/mol. The number of allylic oxidation sites excluding steroid dienone is 2. The van der Waals surface area contributed by atoms with Crippen molar-refractivity contribution in [3.05, 3.63) is 12.2 Å². The quantitative estimate of drug-likeness (QED) is 0.0763. The van der Waals surface area contributed by atoms with E-state index in [0.29, 0.717) is 17.5 Å². The molecule has 2 atom stereocenters. The van der Waals surface area contributed by atoms with Crippen LogP contribution in [0.15, 0.2) is 12.2 Å². The first-order valence-corrected chi connectivity index (χ1v) is 14.8. The number of hydrogen-bond acceptors (Lipinski definition) is 2. The van der Waals surface area contributed by atoms with E-state index in [1.807, 2.05) is 28.1 Å². The van der Waals surface area contributed by atoms with E-state index in [4.69, 9.17) is 4.52 Å². The van der Waals surface area contributed by atoms with Crippen LogP contribution in [0.1, 0.15) is 123 Å². The Hall–Kier alpha value is -0.150. The predicted octanol–water partition coefficient (Wildman–Crippen LogP) is 8.45. The van der Waals surface area contributed by atoms with Crippen molar-refractivity contribution in [2.24, 2.45) is 0 Å². The summed E-state index contributed by atoms with van der Waals surface area (Å²) in [4.78, 5) is 10.3. The largest absolute Gasteiger partial charge is 0.385 e. The van der Waals surface area contributed by atoms with Gasteiger partial charge in [0, 0.05) is 6.42 Å². The van der Waals surface area contributed by atoms with E-state index < -0.39 is 7.60 Å². The summed E-state index contributed by atoms with van der Waals surface area (Å²) in [6.07, 6.45) is 25.9. The molecule has 0 bridgehead atoms. The fraction of sp³-hybridized carbons (Fsp3) is 0.923. The molecular formula is C26H55NO3P+. The summed E-state index contributed by atoms with van der Waals surface area (Å²) in [5.74, 6) is -0.351. The Balaban J connectivity index is 3.48. The van der Waals surface area contributed by atoms with Crippen LogP contribution in [0.3, 0.4) is 0 Å². The Bertz CT molecular complexity index is 474. The molecule has 0 fully saturated rings. The first-order chi connectivity index (χ1) is 14.8. The number of nitrogens with zero attached hydrogens (tertiary/aromatic N) is 1. The monoisotopic (exact) mass is 460 g/mol. The summed E-state index contributed by atoms with van der Waals surface area (Å²) >= 11 is 0. The standard InChI is InChI=1S/C26H54NO3P/c1-6-8-9-10-11-12-13-14-15-16-17-18-19-20-21-22-23-24-25-30-31(28,29)26(7-2)27(3,4)5/h16-17,26H,6-15,18-25H2,1-5H3/p+1. The molecular weight excluding hydrogens is 405 g/mol. The maximum Gasteiger partial charge on any atom is 0.385 e. The minimum absolute atomic E-state index is 0.351. The van der Waals surface area contributed by atoms with E-state index in [0.717, 1.165) is 12.8 Å². The van der Waals surface area contributed by atoms with Gasteiger partial charge in [0.15, 0.2) is 5.78 Å². The Kier molecular flexibility index (Phi) is 19.2. The lowest BCUT2D eigenvalue weighted by molar-refractivity contribution is -0.883. The number of unbranched alkanes of at least 4 members (excludes halogenated alkanes) is 14. The molecule has 0 rings (SSSR count). The topological polar surface area (TPSA) is 46.5 Å². The molecule has 0 saturated heterocycles. The Morgan fingerprint density at radius 1 is 0.742 bits per heavy atom. The van der Waals surface area contributed by atoms with Gasteiger partial charge in [0.2, 0.25) is 0 Å². The maximum atomic E-state index is 12.5. The lowest BCUT2D eigenvalue weighted by Gasteiger charge is -2.35. The van der Waals surface area contributed by atoms with Gasteiger partial charge in [0.05, 0.1) is 27.7 Å². The van der Waals surface area contributed by atoms with Crippen LogP contribution in [0.2, 0.25) is 0 Å².